The number of ether oxygens (including phenoxy) is 1. The molecule has 3 fully saturated rings. The number of hydrogen-bond donors (Lipinski definition) is 0. The van der Waals surface area contributed by atoms with Gasteiger partial charge in [0.15, 0.2) is 0 Å². The minimum atomic E-state index is -0.912. The number of rotatable bonds is 3. The number of nitrogens with zero attached hydrogens (tertiary/aromatic N) is 3. The molecule has 0 saturated carbocycles. The minimum absolute atomic E-state index is 0.0479. The highest BCUT2D eigenvalue weighted by Crippen LogP contribution is 2.39. The van der Waals surface area contributed by atoms with Gasteiger partial charge < -0.3 is 14.5 Å². The Kier molecular flexibility index (Phi) is 6.32. The minimum Gasteiger partial charge on any atom is -0.353 e. The summed E-state index contributed by atoms with van der Waals surface area (Å²) in [6.45, 7) is 2.43. The quantitative estimate of drug-likeness (QED) is 0.673. The fourth-order valence-electron chi connectivity index (χ4n) is 5.29. The third kappa shape index (κ3) is 4.07. The number of hydrogen-bond acceptors (Lipinski definition) is 4. The average Bonchev–Trinajstić information content (AvgIpc) is 3.53. The van der Waals surface area contributed by atoms with Crippen molar-refractivity contribution in [3.63, 3.8) is 0 Å². The lowest BCUT2D eigenvalue weighted by molar-refractivity contribution is -0.136. The molecule has 3 amide bonds. The number of benzene rings is 2. The number of amides is 3. The van der Waals surface area contributed by atoms with Crippen molar-refractivity contribution in [3.8, 4) is 0 Å². The van der Waals surface area contributed by atoms with E-state index in [0.717, 1.165) is 25.9 Å². The Balaban J connectivity index is 1.39. The maximum atomic E-state index is 13.7. The fraction of sp³-hybridized carbons (Fsp3) is 0.423. The molecule has 0 bridgehead atoms. The van der Waals surface area contributed by atoms with Crippen LogP contribution in [0.3, 0.4) is 0 Å². The summed E-state index contributed by atoms with van der Waals surface area (Å²) >= 11 is 6.24. The normalized spacial score (nSPS) is 21.8. The van der Waals surface area contributed by atoms with E-state index in [9.17, 15) is 14.4 Å². The zero-order chi connectivity index (χ0) is 23.7. The van der Waals surface area contributed by atoms with Crippen LogP contribution < -0.4 is 0 Å². The van der Waals surface area contributed by atoms with Crippen LogP contribution in [0.2, 0.25) is 5.02 Å². The molecule has 3 heterocycles. The number of piperidine rings is 1. The SMILES string of the molecule is O=C(c1ccccc1Cl)N1CCC2(CC1)OC[C@H](C(=O)N1CCCC1)N2C(=O)c1ccccc1. The fourth-order valence-corrected chi connectivity index (χ4v) is 5.50. The highest BCUT2D eigenvalue weighted by Gasteiger charge is 2.55. The molecule has 178 valence electrons. The molecule has 3 aliphatic rings. The summed E-state index contributed by atoms with van der Waals surface area (Å²) in [7, 11) is 0. The Bertz CT molecular complexity index is 1080. The first-order valence-corrected chi connectivity index (χ1v) is 12.2. The first-order chi connectivity index (χ1) is 16.5. The topological polar surface area (TPSA) is 70.2 Å². The van der Waals surface area contributed by atoms with Crippen LogP contribution in [0, 0.1) is 0 Å². The van der Waals surface area contributed by atoms with Crippen LogP contribution in [0.15, 0.2) is 54.6 Å². The highest BCUT2D eigenvalue weighted by atomic mass is 35.5. The molecular weight excluding hydrogens is 454 g/mol. The van der Waals surface area contributed by atoms with Gasteiger partial charge in [0.05, 0.1) is 17.2 Å². The molecule has 1 atom stereocenters. The van der Waals surface area contributed by atoms with Gasteiger partial charge in [0, 0.05) is 44.6 Å². The van der Waals surface area contributed by atoms with E-state index in [2.05, 4.69) is 0 Å². The summed E-state index contributed by atoms with van der Waals surface area (Å²) in [6.07, 6.45) is 2.84. The van der Waals surface area contributed by atoms with Gasteiger partial charge in [0.1, 0.15) is 11.8 Å². The lowest BCUT2D eigenvalue weighted by atomic mass is 9.96. The molecule has 0 N–H and O–H groups in total. The van der Waals surface area contributed by atoms with Crippen molar-refractivity contribution in [2.45, 2.75) is 37.5 Å². The van der Waals surface area contributed by atoms with Crippen molar-refractivity contribution in [2.75, 3.05) is 32.8 Å². The van der Waals surface area contributed by atoms with E-state index >= 15 is 0 Å². The van der Waals surface area contributed by atoms with Crippen molar-refractivity contribution >= 4 is 29.3 Å². The third-order valence-electron chi connectivity index (χ3n) is 7.14. The summed E-state index contributed by atoms with van der Waals surface area (Å²) in [5.41, 5.74) is 0.0810. The molecule has 8 heteroatoms. The van der Waals surface area contributed by atoms with E-state index in [4.69, 9.17) is 16.3 Å². The molecule has 0 aliphatic carbocycles. The molecule has 1 spiro atoms. The van der Waals surface area contributed by atoms with Gasteiger partial charge in [-0.2, -0.15) is 0 Å². The smallest absolute Gasteiger partial charge is 0.256 e. The number of carbonyl (C=O) groups excluding carboxylic acids is 3. The van der Waals surface area contributed by atoms with Gasteiger partial charge >= 0.3 is 0 Å². The van der Waals surface area contributed by atoms with Crippen LogP contribution in [0.1, 0.15) is 46.4 Å². The Labute approximate surface area is 204 Å². The standard InChI is InChI=1S/C26H28ClN3O4/c27-21-11-5-4-10-20(21)24(32)29-16-12-26(13-17-29)30(23(31)19-8-2-1-3-9-19)22(18-34-26)25(33)28-14-6-7-15-28/h1-5,8-11,22H,6-7,12-18H2/t22-/m1/s1. The predicted molar refractivity (Wildman–Crippen MR) is 127 cm³/mol. The Morgan fingerprint density at radius 2 is 1.47 bits per heavy atom. The monoisotopic (exact) mass is 481 g/mol. The zero-order valence-electron chi connectivity index (χ0n) is 19.0. The van der Waals surface area contributed by atoms with Crippen LogP contribution >= 0.6 is 11.6 Å². The summed E-state index contributed by atoms with van der Waals surface area (Å²) < 4.78 is 6.28. The van der Waals surface area contributed by atoms with Crippen LogP contribution in [0.25, 0.3) is 0 Å². The van der Waals surface area contributed by atoms with Crippen molar-refractivity contribution in [2.24, 2.45) is 0 Å². The lowest BCUT2D eigenvalue weighted by Crippen LogP contribution is -2.60. The van der Waals surface area contributed by atoms with Crippen LogP contribution in [-0.4, -0.2) is 77.0 Å². The first kappa shape index (κ1) is 22.9. The summed E-state index contributed by atoms with van der Waals surface area (Å²) in [5, 5.41) is 0.419. The molecule has 0 unspecified atom stereocenters. The van der Waals surface area contributed by atoms with Crippen molar-refractivity contribution in [3.05, 3.63) is 70.7 Å². The predicted octanol–water partition coefficient (Wildman–Crippen LogP) is 3.44. The second-order valence-corrected chi connectivity index (χ2v) is 9.53. The molecule has 7 nitrogen and oxygen atoms in total. The van der Waals surface area contributed by atoms with Gasteiger partial charge in [-0.05, 0) is 37.1 Å². The van der Waals surface area contributed by atoms with E-state index in [1.54, 1.807) is 46.2 Å². The van der Waals surface area contributed by atoms with E-state index < -0.39 is 11.8 Å². The molecule has 2 aromatic carbocycles. The first-order valence-electron chi connectivity index (χ1n) is 11.9. The third-order valence-corrected chi connectivity index (χ3v) is 7.47. The largest absolute Gasteiger partial charge is 0.353 e. The highest BCUT2D eigenvalue weighted by molar-refractivity contribution is 6.33. The van der Waals surface area contributed by atoms with Gasteiger partial charge in [-0.3, -0.25) is 19.3 Å². The van der Waals surface area contributed by atoms with E-state index in [1.165, 1.54) is 0 Å². The number of halogens is 1. The van der Waals surface area contributed by atoms with Crippen molar-refractivity contribution < 1.29 is 19.1 Å². The van der Waals surface area contributed by atoms with Crippen LogP contribution in [0.4, 0.5) is 0 Å². The van der Waals surface area contributed by atoms with Gasteiger partial charge in [0.2, 0.25) is 5.91 Å². The van der Waals surface area contributed by atoms with Gasteiger partial charge in [0.25, 0.3) is 11.8 Å². The van der Waals surface area contributed by atoms with E-state index in [-0.39, 0.29) is 24.3 Å². The second-order valence-electron chi connectivity index (χ2n) is 9.12. The maximum Gasteiger partial charge on any atom is 0.256 e. The number of carbonyl (C=O) groups is 3. The number of likely N-dealkylation sites (tertiary alicyclic amines) is 2. The molecule has 2 aromatic rings. The maximum absolute atomic E-state index is 13.7. The lowest BCUT2D eigenvalue weighted by Gasteiger charge is -2.44. The Morgan fingerprint density at radius 1 is 0.824 bits per heavy atom. The van der Waals surface area contributed by atoms with E-state index in [1.807, 2.05) is 23.1 Å². The van der Waals surface area contributed by atoms with Crippen LogP contribution in [-0.2, 0) is 9.53 Å². The Hall–Kier alpha value is -2.90. The van der Waals surface area contributed by atoms with Gasteiger partial charge in [-0.1, -0.05) is 41.9 Å². The summed E-state index contributed by atoms with van der Waals surface area (Å²) in [4.78, 5) is 45.4. The van der Waals surface area contributed by atoms with Crippen LogP contribution in [0.5, 0.6) is 0 Å². The average molecular weight is 482 g/mol. The summed E-state index contributed by atoms with van der Waals surface area (Å²) in [5.74, 6) is -0.390. The molecule has 3 saturated heterocycles. The van der Waals surface area contributed by atoms with Gasteiger partial charge in [-0.25, -0.2) is 0 Å². The second kappa shape index (κ2) is 9.39. The van der Waals surface area contributed by atoms with E-state index in [0.29, 0.717) is 42.1 Å². The van der Waals surface area contributed by atoms with Crippen molar-refractivity contribution in [1.29, 1.82) is 0 Å². The molecule has 3 aliphatic heterocycles. The zero-order valence-corrected chi connectivity index (χ0v) is 19.7. The molecule has 0 aromatic heterocycles. The molecule has 34 heavy (non-hydrogen) atoms. The molecule has 0 radical (unpaired) electrons. The van der Waals surface area contributed by atoms with Gasteiger partial charge in [-0.15, -0.1) is 0 Å². The molecular formula is C26H28ClN3O4. The Morgan fingerprint density at radius 3 is 2.15 bits per heavy atom. The summed E-state index contributed by atoms with van der Waals surface area (Å²) in [6, 6.07) is 15.4. The molecule has 5 rings (SSSR count). The van der Waals surface area contributed by atoms with Crippen molar-refractivity contribution in [1.82, 2.24) is 14.7 Å².